The molecule has 1 aliphatic carbocycles. The van der Waals surface area contributed by atoms with E-state index in [-0.39, 0.29) is 5.95 Å². The van der Waals surface area contributed by atoms with Crippen molar-refractivity contribution in [1.29, 1.82) is 0 Å². The molecular formula is C17H21N5. The van der Waals surface area contributed by atoms with E-state index >= 15 is 0 Å². The summed E-state index contributed by atoms with van der Waals surface area (Å²) < 4.78 is 2.35. The van der Waals surface area contributed by atoms with Gasteiger partial charge in [-0.1, -0.05) is 19.3 Å². The number of hydrogen-bond acceptors (Lipinski definition) is 4. The summed E-state index contributed by atoms with van der Waals surface area (Å²) in [6, 6.07) is 6.24. The maximum absolute atomic E-state index is 5.97. The van der Waals surface area contributed by atoms with Gasteiger partial charge in [-0.25, -0.2) is 4.98 Å². The van der Waals surface area contributed by atoms with Crippen molar-refractivity contribution in [2.24, 2.45) is 5.92 Å². The Morgan fingerprint density at radius 3 is 2.64 bits per heavy atom. The highest BCUT2D eigenvalue weighted by Gasteiger charge is 2.16. The lowest BCUT2D eigenvalue weighted by molar-refractivity contribution is 0.322. The Morgan fingerprint density at radius 1 is 1.00 bits per heavy atom. The van der Waals surface area contributed by atoms with E-state index < -0.39 is 0 Å². The number of nitrogens with two attached hydrogens (primary N) is 2. The van der Waals surface area contributed by atoms with E-state index in [0.29, 0.717) is 5.82 Å². The van der Waals surface area contributed by atoms with Crippen LogP contribution in [0.4, 0.5) is 11.8 Å². The zero-order valence-corrected chi connectivity index (χ0v) is 12.6. The molecule has 4 rings (SSSR count). The van der Waals surface area contributed by atoms with Crippen LogP contribution in [0.2, 0.25) is 0 Å². The average Bonchev–Trinajstić information content (AvgIpc) is 2.92. The van der Waals surface area contributed by atoms with E-state index in [1.165, 1.54) is 37.6 Å². The Balaban J connectivity index is 1.80. The fourth-order valence-electron chi connectivity index (χ4n) is 3.71. The molecule has 2 heterocycles. The molecule has 0 radical (unpaired) electrons. The third kappa shape index (κ3) is 2.17. The Labute approximate surface area is 129 Å². The highest BCUT2D eigenvalue weighted by molar-refractivity contribution is 6.07. The number of fused-ring (bicyclic) bond motifs is 3. The maximum Gasteiger partial charge on any atom is 0.222 e. The molecule has 3 aromatic rings. The first-order chi connectivity index (χ1) is 10.7. The summed E-state index contributed by atoms with van der Waals surface area (Å²) in [4.78, 5) is 8.44. The van der Waals surface area contributed by atoms with Gasteiger partial charge in [-0.15, -0.1) is 0 Å². The zero-order valence-electron chi connectivity index (χ0n) is 12.6. The van der Waals surface area contributed by atoms with Crippen LogP contribution in [-0.4, -0.2) is 14.5 Å². The average molecular weight is 295 g/mol. The van der Waals surface area contributed by atoms with E-state index in [4.69, 9.17) is 11.5 Å². The molecular weight excluding hydrogens is 274 g/mol. The van der Waals surface area contributed by atoms with Crippen molar-refractivity contribution in [3.05, 3.63) is 24.4 Å². The van der Waals surface area contributed by atoms with Crippen molar-refractivity contribution in [3.63, 3.8) is 0 Å². The van der Waals surface area contributed by atoms with Crippen LogP contribution < -0.4 is 11.5 Å². The molecule has 0 saturated heterocycles. The SMILES string of the molecule is Nc1nc(N)c2ccc3c(ccn3CC3CCCCC3)c2n1. The molecule has 0 unspecified atom stereocenters. The molecule has 1 aliphatic rings. The number of rotatable bonds is 2. The summed E-state index contributed by atoms with van der Waals surface area (Å²) in [6.45, 7) is 1.09. The summed E-state index contributed by atoms with van der Waals surface area (Å²) in [5.74, 6) is 1.47. The molecule has 4 N–H and O–H groups in total. The second kappa shape index (κ2) is 5.16. The van der Waals surface area contributed by atoms with Gasteiger partial charge in [-0.2, -0.15) is 4.98 Å². The van der Waals surface area contributed by atoms with Crippen LogP contribution in [0.3, 0.4) is 0 Å². The largest absolute Gasteiger partial charge is 0.383 e. The molecule has 0 amide bonds. The van der Waals surface area contributed by atoms with Crippen molar-refractivity contribution in [2.75, 3.05) is 11.5 Å². The van der Waals surface area contributed by atoms with Crippen LogP contribution in [0.25, 0.3) is 21.8 Å². The van der Waals surface area contributed by atoms with E-state index in [0.717, 1.165) is 28.8 Å². The topological polar surface area (TPSA) is 82.7 Å². The molecule has 0 bridgehead atoms. The van der Waals surface area contributed by atoms with Gasteiger partial charge in [0.1, 0.15) is 5.82 Å². The van der Waals surface area contributed by atoms with E-state index in [1.54, 1.807) is 0 Å². The molecule has 5 heteroatoms. The summed E-state index contributed by atoms with van der Waals surface area (Å²) in [7, 11) is 0. The lowest BCUT2D eigenvalue weighted by Gasteiger charge is -2.22. The highest BCUT2D eigenvalue weighted by atomic mass is 15.0. The predicted molar refractivity (Wildman–Crippen MR) is 90.4 cm³/mol. The smallest absolute Gasteiger partial charge is 0.222 e. The quantitative estimate of drug-likeness (QED) is 0.759. The van der Waals surface area contributed by atoms with Crippen LogP contribution in [0.5, 0.6) is 0 Å². The first-order valence-corrected chi connectivity index (χ1v) is 8.03. The minimum atomic E-state index is 0.234. The molecule has 22 heavy (non-hydrogen) atoms. The van der Waals surface area contributed by atoms with Crippen molar-refractivity contribution < 1.29 is 0 Å². The molecule has 1 aromatic carbocycles. The van der Waals surface area contributed by atoms with Crippen LogP contribution in [0.15, 0.2) is 24.4 Å². The van der Waals surface area contributed by atoms with E-state index in [9.17, 15) is 0 Å². The summed E-state index contributed by atoms with van der Waals surface area (Å²) in [6.07, 6.45) is 8.97. The first kappa shape index (κ1) is 13.4. The van der Waals surface area contributed by atoms with Gasteiger partial charge in [0.05, 0.1) is 11.0 Å². The van der Waals surface area contributed by atoms with E-state index in [2.05, 4.69) is 32.9 Å². The number of nitrogen functional groups attached to an aromatic ring is 2. The van der Waals surface area contributed by atoms with Crippen LogP contribution in [0, 0.1) is 5.92 Å². The third-order valence-electron chi connectivity index (χ3n) is 4.84. The molecule has 0 atom stereocenters. The predicted octanol–water partition coefficient (Wildman–Crippen LogP) is 3.33. The number of anilines is 2. The Bertz CT molecular complexity index is 830. The van der Waals surface area contributed by atoms with Gasteiger partial charge in [0.25, 0.3) is 0 Å². The molecule has 0 spiro atoms. The molecule has 5 nitrogen and oxygen atoms in total. The number of aromatic nitrogens is 3. The molecule has 0 aliphatic heterocycles. The molecule has 1 fully saturated rings. The fraction of sp³-hybridized carbons (Fsp3) is 0.412. The summed E-state index contributed by atoms with van der Waals surface area (Å²) >= 11 is 0. The number of benzene rings is 1. The third-order valence-corrected chi connectivity index (χ3v) is 4.84. The van der Waals surface area contributed by atoms with Gasteiger partial charge < -0.3 is 16.0 Å². The molecule has 114 valence electrons. The monoisotopic (exact) mass is 295 g/mol. The lowest BCUT2D eigenvalue weighted by atomic mass is 9.89. The Kier molecular flexibility index (Phi) is 3.13. The minimum Gasteiger partial charge on any atom is -0.383 e. The normalized spacial score (nSPS) is 16.5. The van der Waals surface area contributed by atoms with Gasteiger partial charge in [0.2, 0.25) is 5.95 Å². The number of hydrogen-bond donors (Lipinski definition) is 2. The summed E-state index contributed by atoms with van der Waals surface area (Å²) in [5, 5.41) is 1.98. The van der Waals surface area contributed by atoms with Crippen LogP contribution >= 0.6 is 0 Å². The Morgan fingerprint density at radius 2 is 1.82 bits per heavy atom. The fourth-order valence-corrected chi connectivity index (χ4v) is 3.71. The van der Waals surface area contributed by atoms with Gasteiger partial charge in [-0.05, 0) is 37.0 Å². The van der Waals surface area contributed by atoms with E-state index in [1.807, 2.05) is 6.07 Å². The lowest BCUT2D eigenvalue weighted by Crippen LogP contribution is -2.13. The molecule has 1 saturated carbocycles. The van der Waals surface area contributed by atoms with Crippen molar-refractivity contribution in [2.45, 2.75) is 38.6 Å². The second-order valence-electron chi connectivity index (χ2n) is 6.33. The van der Waals surface area contributed by atoms with Gasteiger partial charge >= 0.3 is 0 Å². The zero-order chi connectivity index (χ0) is 15.1. The van der Waals surface area contributed by atoms with Crippen LogP contribution in [0.1, 0.15) is 32.1 Å². The first-order valence-electron chi connectivity index (χ1n) is 8.03. The van der Waals surface area contributed by atoms with Gasteiger partial charge in [-0.3, -0.25) is 0 Å². The van der Waals surface area contributed by atoms with Crippen molar-refractivity contribution >= 4 is 33.6 Å². The van der Waals surface area contributed by atoms with Crippen molar-refractivity contribution in [1.82, 2.24) is 14.5 Å². The second-order valence-corrected chi connectivity index (χ2v) is 6.33. The number of nitrogens with zero attached hydrogens (tertiary/aromatic N) is 3. The maximum atomic E-state index is 5.97. The highest BCUT2D eigenvalue weighted by Crippen LogP contribution is 2.30. The Hall–Kier alpha value is -2.30. The van der Waals surface area contributed by atoms with Gasteiger partial charge in [0, 0.05) is 23.5 Å². The van der Waals surface area contributed by atoms with Crippen LogP contribution in [-0.2, 0) is 6.54 Å². The van der Waals surface area contributed by atoms with Crippen molar-refractivity contribution in [3.8, 4) is 0 Å². The molecule has 2 aromatic heterocycles. The summed E-state index contributed by atoms with van der Waals surface area (Å²) in [5.41, 5.74) is 13.8. The van der Waals surface area contributed by atoms with Gasteiger partial charge in [0.15, 0.2) is 0 Å². The standard InChI is InChI=1S/C17H21N5/c18-16-13-6-7-14-12(15(13)20-17(19)21-16)8-9-22(14)10-11-4-2-1-3-5-11/h6-9,11H,1-5,10H2,(H4,18,19,20,21). The minimum absolute atomic E-state index is 0.234.